The Morgan fingerprint density at radius 2 is 1.41 bits per heavy atom. The van der Waals surface area contributed by atoms with Crippen LogP contribution in [0.4, 0.5) is 0 Å². The molecule has 2 atom stereocenters. The summed E-state index contributed by atoms with van der Waals surface area (Å²) < 4.78 is 17.7. The summed E-state index contributed by atoms with van der Waals surface area (Å²) in [7, 11) is -2.13. The fourth-order valence-corrected chi connectivity index (χ4v) is 4.11. The number of rotatable bonds is 11. The first-order valence-electron chi connectivity index (χ1n) is 13.1. The predicted octanol–water partition coefficient (Wildman–Crippen LogP) is 8.27. The molecule has 0 bridgehead atoms. The molecule has 0 saturated carbocycles. The molecule has 37 heavy (non-hydrogen) atoms. The van der Waals surface area contributed by atoms with E-state index in [4.69, 9.17) is 14.6 Å². The Balaban J connectivity index is 0.000000886. The van der Waals surface area contributed by atoms with E-state index < -0.39 is 8.03 Å². The average molecular weight is 519 g/mol. The molecule has 1 aromatic heterocycles. The highest BCUT2D eigenvalue weighted by Crippen LogP contribution is 2.37. The second-order valence-corrected chi connectivity index (χ2v) is 10.3. The first-order valence-corrected chi connectivity index (χ1v) is 15.0. The molecule has 0 aliphatic heterocycles. The molecule has 1 heterocycles. The highest BCUT2D eigenvalue weighted by atomic mass is 31.1. The van der Waals surface area contributed by atoms with E-state index in [1.54, 1.807) is 0 Å². The number of ether oxygens (including phenoxy) is 1. The van der Waals surface area contributed by atoms with Gasteiger partial charge in [0.2, 0.25) is 0 Å². The molecular weight excluding hydrogens is 479 g/mol. The largest absolute Gasteiger partial charge is 0.464 e. The molecule has 0 aliphatic carbocycles. The molecule has 196 valence electrons. The maximum atomic E-state index is 9.19. The standard InChI is InChI=1S/C30H34N2O.CH5O2P/c1-3-24(2)16-8-7-15-23-33-30-31-28(25-17-9-4-10-18-25)29(26-19-11-5-12-20-26)32(30)27-21-13-6-14-22-27;1-4(2)3/h4-6,9-14,17-22,24H,3,7-8,15-16,23H2,1-2H3;4H,1H3,(H,2,3). The highest BCUT2D eigenvalue weighted by Gasteiger charge is 2.22. The quantitative estimate of drug-likeness (QED) is 0.160. The summed E-state index contributed by atoms with van der Waals surface area (Å²) in [5, 5.41) is 0. The average Bonchev–Trinajstić information content (AvgIpc) is 3.31. The number of nitrogens with zero attached hydrogens (tertiary/aromatic N) is 2. The molecule has 6 heteroatoms. The van der Waals surface area contributed by atoms with Crippen LogP contribution in [0.5, 0.6) is 6.01 Å². The minimum Gasteiger partial charge on any atom is -0.464 e. The fourth-order valence-electron chi connectivity index (χ4n) is 4.11. The Kier molecular flexibility index (Phi) is 11.7. The SMILES string of the molecule is CCC(C)CCCCCOc1nc(-c2ccccc2)c(-c2ccccc2)n1-c1ccccc1.C[PH](=O)O. The van der Waals surface area contributed by atoms with E-state index in [-0.39, 0.29) is 0 Å². The minimum atomic E-state index is -2.13. The van der Waals surface area contributed by atoms with Crippen LogP contribution < -0.4 is 4.74 Å². The van der Waals surface area contributed by atoms with Gasteiger partial charge in [-0.25, -0.2) is 0 Å². The third-order valence-corrected chi connectivity index (χ3v) is 6.22. The van der Waals surface area contributed by atoms with E-state index in [9.17, 15) is 4.57 Å². The van der Waals surface area contributed by atoms with Crippen LogP contribution >= 0.6 is 8.03 Å². The second kappa shape index (κ2) is 15.2. The van der Waals surface area contributed by atoms with Gasteiger partial charge in [-0.1, -0.05) is 118 Å². The van der Waals surface area contributed by atoms with Gasteiger partial charge in [0.05, 0.1) is 18.0 Å². The van der Waals surface area contributed by atoms with Crippen LogP contribution in [-0.2, 0) is 4.57 Å². The van der Waals surface area contributed by atoms with Gasteiger partial charge in [0.15, 0.2) is 8.03 Å². The van der Waals surface area contributed by atoms with E-state index >= 15 is 0 Å². The van der Waals surface area contributed by atoms with Gasteiger partial charge in [-0.15, -0.1) is 0 Å². The Morgan fingerprint density at radius 1 is 0.865 bits per heavy atom. The van der Waals surface area contributed by atoms with Crippen molar-refractivity contribution < 1.29 is 14.2 Å². The van der Waals surface area contributed by atoms with Crippen molar-refractivity contribution in [2.75, 3.05) is 13.3 Å². The Morgan fingerprint density at radius 3 is 1.97 bits per heavy atom. The number of aromatic nitrogens is 2. The van der Waals surface area contributed by atoms with Crippen molar-refractivity contribution in [1.82, 2.24) is 9.55 Å². The number of hydrogen-bond acceptors (Lipinski definition) is 3. The van der Waals surface area contributed by atoms with Crippen LogP contribution in [0, 0.1) is 5.92 Å². The first kappa shape index (κ1) is 28.4. The summed E-state index contributed by atoms with van der Waals surface area (Å²) in [6.07, 6.45) is 6.05. The van der Waals surface area contributed by atoms with Crippen LogP contribution in [-0.4, -0.2) is 27.7 Å². The zero-order valence-electron chi connectivity index (χ0n) is 22.1. The monoisotopic (exact) mass is 518 g/mol. The maximum Gasteiger partial charge on any atom is 0.302 e. The summed E-state index contributed by atoms with van der Waals surface area (Å²) in [4.78, 5) is 12.6. The summed E-state index contributed by atoms with van der Waals surface area (Å²) in [5.74, 6) is 0.810. The molecular formula is C31H39N2O3P. The molecule has 0 aliphatic rings. The molecule has 0 spiro atoms. The van der Waals surface area contributed by atoms with Gasteiger partial charge in [-0.05, 0) is 24.5 Å². The summed E-state index contributed by atoms with van der Waals surface area (Å²) in [5.41, 5.74) is 5.26. The maximum absolute atomic E-state index is 9.19. The molecule has 2 unspecified atom stereocenters. The zero-order valence-corrected chi connectivity index (χ0v) is 23.1. The lowest BCUT2D eigenvalue weighted by Gasteiger charge is -2.13. The van der Waals surface area contributed by atoms with Crippen molar-refractivity contribution in [1.29, 1.82) is 0 Å². The van der Waals surface area contributed by atoms with Gasteiger partial charge in [0, 0.05) is 17.8 Å². The van der Waals surface area contributed by atoms with Gasteiger partial charge in [0.1, 0.15) is 5.69 Å². The predicted molar refractivity (Wildman–Crippen MR) is 155 cm³/mol. The van der Waals surface area contributed by atoms with Crippen molar-refractivity contribution >= 4 is 8.03 Å². The van der Waals surface area contributed by atoms with E-state index in [0.29, 0.717) is 12.6 Å². The smallest absolute Gasteiger partial charge is 0.302 e. The van der Waals surface area contributed by atoms with Crippen molar-refractivity contribution in [3.05, 3.63) is 91.0 Å². The van der Waals surface area contributed by atoms with Crippen molar-refractivity contribution in [3.8, 4) is 34.2 Å². The molecule has 5 nitrogen and oxygen atoms in total. The Labute approximate surface area is 222 Å². The molecule has 0 amide bonds. The molecule has 0 saturated heterocycles. The molecule has 4 aromatic rings. The van der Waals surface area contributed by atoms with Gasteiger partial charge in [-0.3, -0.25) is 9.13 Å². The van der Waals surface area contributed by atoms with Crippen LogP contribution in [0.25, 0.3) is 28.2 Å². The zero-order chi connectivity index (χ0) is 26.5. The van der Waals surface area contributed by atoms with Crippen molar-refractivity contribution in [3.63, 3.8) is 0 Å². The molecule has 0 radical (unpaired) electrons. The summed E-state index contributed by atoms with van der Waals surface area (Å²) in [6, 6.07) is 31.9. The molecule has 0 fully saturated rings. The van der Waals surface area contributed by atoms with Gasteiger partial charge < -0.3 is 9.63 Å². The van der Waals surface area contributed by atoms with Gasteiger partial charge in [-0.2, -0.15) is 4.98 Å². The van der Waals surface area contributed by atoms with Gasteiger partial charge in [0.25, 0.3) is 0 Å². The fraction of sp³-hybridized carbons (Fsp3) is 0.323. The van der Waals surface area contributed by atoms with Gasteiger partial charge >= 0.3 is 6.01 Å². The van der Waals surface area contributed by atoms with Crippen molar-refractivity contribution in [2.24, 2.45) is 5.92 Å². The Hall–Kier alpha value is -3.14. The van der Waals surface area contributed by atoms with Crippen LogP contribution in [0.2, 0.25) is 0 Å². The molecule has 3 aromatic carbocycles. The third kappa shape index (κ3) is 8.73. The minimum absolute atomic E-state index is 0.654. The first-order chi connectivity index (χ1) is 18.0. The third-order valence-electron chi connectivity index (χ3n) is 6.22. The summed E-state index contributed by atoms with van der Waals surface area (Å²) >= 11 is 0. The molecule has 1 N–H and O–H groups in total. The van der Waals surface area contributed by atoms with Crippen LogP contribution in [0.15, 0.2) is 91.0 Å². The van der Waals surface area contributed by atoms with Crippen LogP contribution in [0.3, 0.4) is 0 Å². The number of para-hydroxylation sites is 1. The van der Waals surface area contributed by atoms with Crippen molar-refractivity contribution in [2.45, 2.75) is 46.0 Å². The van der Waals surface area contributed by atoms with E-state index in [1.165, 1.54) is 32.3 Å². The van der Waals surface area contributed by atoms with E-state index in [1.807, 2.05) is 18.2 Å². The summed E-state index contributed by atoms with van der Waals surface area (Å²) in [6.45, 7) is 6.55. The topological polar surface area (TPSA) is 64.4 Å². The number of hydrogen-bond donors (Lipinski definition) is 1. The van der Waals surface area contributed by atoms with E-state index in [2.05, 4.69) is 91.2 Å². The lowest BCUT2D eigenvalue weighted by molar-refractivity contribution is 0.276. The number of unbranched alkanes of at least 4 members (excludes halogenated alkanes) is 2. The lowest BCUT2D eigenvalue weighted by Crippen LogP contribution is -2.05. The lowest BCUT2D eigenvalue weighted by atomic mass is 10.0. The second-order valence-electron chi connectivity index (χ2n) is 9.22. The molecule has 4 rings (SSSR count). The Bertz CT molecular complexity index is 1210. The number of benzene rings is 3. The van der Waals surface area contributed by atoms with E-state index in [0.717, 1.165) is 40.5 Å². The normalized spacial score (nSPS) is 12.3. The highest BCUT2D eigenvalue weighted by molar-refractivity contribution is 7.36. The van der Waals surface area contributed by atoms with Crippen LogP contribution in [0.1, 0.15) is 46.0 Å². The number of imidazole rings is 1.